The van der Waals surface area contributed by atoms with Gasteiger partial charge in [-0.3, -0.25) is 4.79 Å². The van der Waals surface area contributed by atoms with Crippen molar-refractivity contribution in [2.75, 3.05) is 0 Å². The zero-order valence-electron chi connectivity index (χ0n) is 13.6. The van der Waals surface area contributed by atoms with Gasteiger partial charge in [-0.1, -0.05) is 23.7 Å². The van der Waals surface area contributed by atoms with Crippen LogP contribution in [0.5, 0.6) is 0 Å². The number of hydrogen-bond acceptors (Lipinski definition) is 2. The van der Waals surface area contributed by atoms with Crippen molar-refractivity contribution in [3.8, 4) is 5.69 Å². The lowest BCUT2D eigenvalue weighted by molar-refractivity contribution is -0.143. The molecule has 0 bridgehead atoms. The number of alkyl halides is 3. The van der Waals surface area contributed by atoms with E-state index in [0.717, 1.165) is 6.20 Å². The maximum absolute atomic E-state index is 13.6. The molecule has 1 amide bonds. The highest BCUT2D eigenvalue weighted by Gasteiger charge is 2.40. The van der Waals surface area contributed by atoms with Crippen LogP contribution in [0.3, 0.4) is 0 Å². The van der Waals surface area contributed by atoms with Gasteiger partial charge in [0.25, 0.3) is 5.91 Å². The van der Waals surface area contributed by atoms with Crippen LogP contribution in [0.25, 0.3) is 5.69 Å². The minimum Gasteiger partial charge on any atom is -0.348 e. The SMILES string of the molecule is O=C(NCc1cccc(F)c1)c1cnn(-c2ccc(Cl)cc2)c1C(F)(F)F. The number of rotatable bonds is 4. The lowest BCUT2D eigenvalue weighted by atomic mass is 10.2. The first-order chi connectivity index (χ1) is 12.8. The summed E-state index contributed by atoms with van der Waals surface area (Å²) in [6.45, 7) is -0.125. The highest BCUT2D eigenvalue weighted by molar-refractivity contribution is 6.30. The molecule has 27 heavy (non-hydrogen) atoms. The quantitative estimate of drug-likeness (QED) is 0.653. The molecular formula is C18H12ClF4N3O. The van der Waals surface area contributed by atoms with Crippen LogP contribution >= 0.6 is 11.6 Å². The fourth-order valence-electron chi connectivity index (χ4n) is 2.49. The largest absolute Gasteiger partial charge is 0.434 e. The van der Waals surface area contributed by atoms with Crippen LogP contribution in [0.2, 0.25) is 5.02 Å². The molecule has 4 nitrogen and oxygen atoms in total. The third-order valence-corrected chi connectivity index (χ3v) is 3.95. The Hall–Kier alpha value is -2.87. The molecule has 0 saturated carbocycles. The van der Waals surface area contributed by atoms with Crippen LogP contribution in [0, 0.1) is 5.82 Å². The number of amides is 1. The van der Waals surface area contributed by atoms with Gasteiger partial charge in [0.15, 0.2) is 5.69 Å². The Morgan fingerprint density at radius 3 is 2.48 bits per heavy atom. The van der Waals surface area contributed by atoms with Gasteiger partial charge in [-0.05, 0) is 42.0 Å². The number of nitrogens with one attached hydrogen (secondary N) is 1. The number of hydrogen-bond donors (Lipinski definition) is 1. The maximum atomic E-state index is 13.6. The van der Waals surface area contributed by atoms with E-state index in [0.29, 0.717) is 15.3 Å². The average Bonchev–Trinajstić information content (AvgIpc) is 3.06. The molecule has 0 aliphatic carbocycles. The van der Waals surface area contributed by atoms with Crippen LogP contribution in [-0.4, -0.2) is 15.7 Å². The molecule has 3 rings (SSSR count). The zero-order chi connectivity index (χ0) is 19.6. The van der Waals surface area contributed by atoms with E-state index in [1.165, 1.54) is 42.5 Å². The molecule has 0 spiro atoms. The van der Waals surface area contributed by atoms with Crippen molar-refractivity contribution in [3.63, 3.8) is 0 Å². The van der Waals surface area contributed by atoms with E-state index < -0.39 is 29.2 Å². The topological polar surface area (TPSA) is 46.9 Å². The van der Waals surface area contributed by atoms with E-state index in [-0.39, 0.29) is 12.2 Å². The Kier molecular flexibility index (Phi) is 5.18. The molecular weight excluding hydrogens is 386 g/mol. The Balaban J connectivity index is 1.90. The first-order valence-corrected chi connectivity index (χ1v) is 8.07. The van der Waals surface area contributed by atoms with Crippen LogP contribution < -0.4 is 5.32 Å². The predicted molar refractivity (Wildman–Crippen MR) is 91.1 cm³/mol. The van der Waals surface area contributed by atoms with E-state index in [9.17, 15) is 22.4 Å². The summed E-state index contributed by atoms with van der Waals surface area (Å²) >= 11 is 5.75. The molecule has 0 radical (unpaired) electrons. The van der Waals surface area contributed by atoms with Gasteiger partial charge in [-0.2, -0.15) is 18.3 Å². The average molecular weight is 398 g/mol. The Morgan fingerprint density at radius 1 is 1.15 bits per heavy atom. The van der Waals surface area contributed by atoms with Gasteiger partial charge in [-0.25, -0.2) is 9.07 Å². The van der Waals surface area contributed by atoms with Crippen LogP contribution in [0.1, 0.15) is 21.6 Å². The minimum absolute atomic E-state index is 0.107. The third-order valence-electron chi connectivity index (χ3n) is 3.70. The Bertz CT molecular complexity index is 967. The molecule has 1 aromatic heterocycles. The molecule has 0 unspecified atom stereocenters. The second kappa shape index (κ2) is 7.40. The molecule has 0 aliphatic rings. The van der Waals surface area contributed by atoms with Gasteiger partial charge in [-0.15, -0.1) is 0 Å². The molecule has 1 N–H and O–H groups in total. The number of halogens is 5. The molecule has 0 fully saturated rings. The van der Waals surface area contributed by atoms with Crippen LogP contribution in [0.4, 0.5) is 17.6 Å². The number of carbonyl (C=O) groups is 1. The molecule has 140 valence electrons. The van der Waals surface area contributed by atoms with Crippen molar-refractivity contribution in [1.82, 2.24) is 15.1 Å². The van der Waals surface area contributed by atoms with E-state index in [1.807, 2.05) is 0 Å². The number of carbonyl (C=O) groups excluding carboxylic acids is 1. The monoisotopic (exact) mass is 397 g/mol. The highest BCUT2D eigenvalue weighted by atomic mass is 35.5. The second-order valence-corrected chi connectivity index (χ2v) is 6.04. The van der Waals surface area contributed by atoms with Crippen LogP contribution in [0.15, 0.2) is 54.7 Å². The summed E-state index contributed by atoms with van der Waals surface area (Å²) in [5, 5.41) is 6.41. The molecule has 9 heteroatoms. The first-order valence-electron chi connectivity index (χ1n) is 7.69. The first kappa shape index (κ1) is 18.9. The number of nitrogens with zero attached hydrogens (tertiary/aromatic N) is 2. The molecule has 0 atom stereocenters. The summed E-state index contributed by atoms with van der Waals surface area (Å²) in [6.07, 6.45) is -3.97. The van der Waals surface area contributed by atoms with E-state index >= 15 is 0 Å². The Labute approximate surface area is 156 Å². The van der Waals surface area contributed by atoms with Gasteiger partial charge < -0.3 is 5.32 Å². The normalized spacial score (nSPS) is 11.4. The zero-order valence-corrected chi connectivity index (χ0v) is 14.4. The number of benzene rings is 2. The maximum Gasteiger partial charge on any atom is 0.434 e. The summed E-state index contributed by atoms with van der Waals surface area (Å²) in [4.78, 5) is 12.3. The summed E-state index contributed by atoms with van der Waals surface area (Å²) in [7, 11) is 0. The number of aromatic nitrogens is 2. The Morgan fingerprint density at radius 2 is 1.85 bits per heavy atom. The molecule has 1 heterocycles. The van der Waals surface area contributed by atoms with Crippen LogP contribution in [-0.2, 0) is 12.7 Å². The third kappa shape index (κ3) is 4.28. The van der Waals surface area contributed by atoms with Crippen molar-refractivity contribution < 1.29 is 22.4 Å². The van der Waals surface area contributed by atoms with Gasteiger partial charge in [0.2, 0.25) is 0 Å². The summed E-state index contributed by atoms with van der Waals surface area (Å²) < 4.78 is 54.5. The molecule has 0 aliphatic heterocycles. The lowest BCUT2D eigenvalue weighted by Gasteiger charge is -2.13. The van der Waals surface area contributed by atoms with Crippen molar-refractivity contribution in [1.29, 1.82) is 0 Å². The predicted octanol–water partition coefficient (Wildman–Crippen LogP) is 4.61. The fourth-order valence-corrected chi connectivity index (χ4v) is 2.62. The van der Waals surface area contributed by atoms with Gasteiger partial charge in [0, 0.05) is 11.6 Å². The van der Waals surface area contributed by atoms with Crippen molar-refractivity contribution in [2.24, 2.45) is 0 Å². The molecule has 2 aromatic carbocycles. The van der Waals surface area contributed by atoms with Gasteiger partial charge in [0.1, 0.15) is 5.82 Å². The van der Waals surface area contributed by atoms with Crippen molar-refractivity contribution >= 4 is 17.5 Å². The smallest absolute Gasteiger partial charge is 0.348 e. The van der Waals surface area contributed by atoms with E-state index in [4.69, 9.17) is 11.6 Å². The lowest BCUT2D eigenvalue weighted by Crippen LogP contribution is -2.26. The second-order valence-electron chi connectivity index (χ2n) is 5.61. The van der Waals surface area contributed by atoms with E-state index in [1.54, 1.807) is 6.07 Å². The fraction of sp³-hybridized carbons (Fsp3) is 0.111. The summed E-state index contributed by atoms with van der Waals surface area (Å²) in [6, 6.07) is 11.0. The molecule has 3 aromatic rings. The molecule has 0 saturated heterocycles. The standard InChI is InChI=1S/C18H12ClF4N3O/c19-12-4-6-14(7-5-12)26-16(18(21,22)23)15(10-25-26)17(27)24-9-11-2-1-3-13(20)8-11/h1-8,10H,9H2,(H,24,27). The van der Waals surface area contributed by atoms with Crippen molar-refractivity contribution in [3.05, 3.63) is 82.4 Å². The van der Waals surface area contributed by atoms with Gasteiger partial charge in [0.05, 0.1) is 17.4 Å². The van der Waals surface area contributed by atoms with Crippen molar-refractivity contribution in [2.45, 2.75) is 12.7 Å². The van der Waals surface area contributed by atoms with Gasteiger partial charge >= 0.3 is 6.18 Å². The minimum atomic E-state index is -4.82. The highest BCUT2D eigenvalue weighted by Crippen LogP contribution is 2.33. The summed E-state index contributed by atoms with van der Waals surface area (Å²) in [5.41, 5.74) is -1.31. The summed E-state index contributed by atoms with van der Waals surface area (Å²) in [5.74, 6) is -1.47. The van der Waals surface area contributed by atoms with E-state index in [2.05, 4.69) is 10.4 Å².